The maximum absolute atomic E-state index is 6.46. The highest BCUT2D eigenvalue weighted by atomic mass is 16.5. The minimum atomic E-state index is -0.408. The Morgan fingerprint density at radius 2 is 1.78 bits per heavy atom. The molecule has 1 aromatic rings. The Balaban J connectivity index is 2.17. The van der Waals surface area contributed by atoms with E-state index in [-0.39, 0.29) is 0 Å². The fourth-order valence-electron chi connectivity index (χ4n) is 2.63. The van der Waals surface area contributed by atoms with E-state index in [9.17, 15) is 0 Å². The molecule has 0 atom stereocenters. The molecule has 2 rings (SSSR count). The Bertz CT molecular complexity index is 365. The van der Waals surface area contributed by atoms with Crippen LogP contribution in [0, 0.1) is 0 Å². The second-order valence-corrected chi connectivity index (χ2v) is 5.14. The summed E-state index contributed by atoms with van der Waals surface area (Å²) in [6.45, 7) is 5.94. The zero-order valence-corrected chi connectivity index (χ0v) is 11.5. The topological polar surface area (TPSA) is 68.2 Å². The van der Waals surface area contributed by atoms with Crippen molar-refractivity contribution in [3.63, 3.8) is 0 Å². The van der Waals surface area contributed by atoms with E-state index in [0.717, 1.165) is 38.8 Å². The van der Waals surface area contributed by atoms with Gasteiger partial charge in [0.2, 0.25) is 5.89 Å². The van der Waals surface area contributed by atoms with Crippen LogP contribution < -0.4 is 10.6 Å². The number of nitrogens with zero attached hydrogens (tertiary/aromatic N) is 3. The fourth-order valence-corrected chi connectivity index (χ4v) is 2.63. The van der Waals surface area contributed by atoms with Crippen LogP contribution in [-0.2, 0) is 5.54 Å². The number of rotatable bonds is 4. The van der Waals surface area contributed by atoms with Crippen molar-refractivity contribution in [3.05, 3.63) is 5.89 Å². The molecule has 0 bridgehead atoms. The molecule has 0 radical (unpaired) electrons. The van der Waals surface area contributed by atoms with Gasteiger partial charge in [-0.05, 0) is 31.8 Å². The highest BCUT2D eigenvalue weighted by Crippen LogP contribution is 2.33. The first-order valence-corrected chi connectivity index (χ1v) is 7.07. The molecule has 18 heavy (non-hydrogen) atoms. The maximum Gasteiger partial charge on any atom is 0.266 e. The zero-order chi connectivity index (χ0) is 13.0. The molecule has 0 spiro atoms. The molecule has 1 fully saturated rings. The Kier molecular flexibility index (Phi) is 4.22. The first-order chi connectivity index (χ1) is 8.69. The van der Waals surface area contributed by atoms with Crippen molar-refractivity contribution in [1.82, 2.24) is 10.1 Å². The molecule has 5 nitrogen and oxygen atoms in total. The van der Waals surface area contributed by atoms with Gasteiger partial charge in [-0.25, -0.2) is 0 Å². The van der Waals surface area contributed by atoms with Gasteiger partial charge in [-0.3, -0.25) is 0 Å². The summed E-state index contributed by atoms with van der Waals surface area (Å²) in [6.07, 6.45) is 6.73. The molecule has 1 aliphatic carbocycles. The third kappa shape index (κ3) is 2.66. The normalized spacial score (nSPS) is 19.5. The molecule has 0 aromatic carbocycles. The second-order valence-electron chi connectivity index (χ2n) is 5.14. The van der Waals surface area contributed by atoms with E-state index in [2.05, 4.69) is 28.9 Å². The lowest BCUT2D eigenvalue weighted by molar-refractivity contribution is 0.257. The van der Waals surface area contributed by atoms with Gasteiger partial charge in [0.1, 0.15) is 0 Å². The summed E-state index contributed by atoms with van der Waals surface area (Å²) in [4.78, 5) is 6.59. The van der Waals surface area contributed by atoms with Gasteiger partial charge in [-0.1, -0.05) is 25.7 Å². The van der Waals surface area contributed by atoms with Crippen molar-refractivity contribution in [3.8, 4) is 0 Å². The quantitative estimate of drug-likeness (QED) is 0.833. The highest BCUT2D eigenvalue weighted by molar-refractivity contribution is 5.27. The van der Waals surface area contributed by atoms with Gasteiger partial charge in [0, 0.05) is 13.1 Å². The number of aromatic nitrogens is 2. The van der Waals surface area contributed by atoms with Crippen LogP contribution in [0.5, 0.6) is 0 Å². The standard InChI is InChI=1S/C13H24N4O/c1-3-17(4-2)12-15-11(18-16-12)13(14)9-7-5-6-8-10-13/h3-10,14H2,1-2H3. The SMILES string of the molecule is CCN(CC)c1noc(C2(N)CCCCCC2)n1. The van der Waals surface area contributed by atoms with E-state index < -0.39 is 5.54 Å². The molecule has 1 aliphatic rings. The molecule has 5 heteroatoms. The Labute approximate surface area is 109 Å². The van der Waals surface area contributed by atoms with Gasteiger partial charge in [-0.2, -0.15) is 4.98 Å². The number of anilines is 1. The van der Waals surface area contributed by atoms with Gasteiger partial charge in [0.05, 0.1) is 5.54 Å². The molecule has 0 saturated heterocycles. The van der Waals surface area contributed by atoms with E-state index in [4.69, 9.17) is 10.3 Å². The molecular formula is C13H24N4O. The summed E-state index contributed by atoms with van der Waals surface area (Å²) in [5, 5.41) is 4.07. The van der Waals surface area contributed by atoms with Crippen molar-refractivity contribution >= 4 is 5.95 Å². The molecule has 2 N–H and O–H groups in total. The van der Waals surface area contributed by atoms with Crippen LogP contribution in [0.4, 0.5) is 5.95 Å². The van der Waals surface area contributed by atoms with Crippen LogP contribution in [0.15, 0.2) is 4.52 Å². The largest absolute Gasteiger partial charge is 0.339 e. The first-order valence-electron chi connectivity index (χ1n) is 7.07. The molecule has 0 unspecified atom stereocenters. The fraction of sp³-hybridized carbons (Fsp3) is 0.846. The summed E-state index contributed by atoms with van der Waals surface area (Å²) in [7, 11) is 0. The van der Waals surface area contributed by atoms with Crippen LogP contribution in [0.2, 0.25) is 0 Å². The minimum absolute atomic E-state index is 0.408. The Morgan fingerprint density at radius 3 is 2.33 bits per heavy atom. The number of hydrogen-bond donors (Lipinski definition) is 1. The van der Waals surface area contributed by atoms with Gasteiger partial charge in [0.15, 0.2) is 0 Å². The number of nitrogens with two attached hydrogens (primary N) is 1. The second kappa shape index (κ2) is 5.69. The van der Waals surface area contributed by atoms with Gasteiger partial charge < -0.3 is 15.2 Å². The van der Waals surface area contributed by atoms with Gasteiger partial charge in [-0.15, -0.1) is 0 Å². The molecule has 1 aromatic heterocycles. The third-order valence-electron chi connectivity index (χ3n) is 3.88. The van der Waals surface area contributed by atoms with Crippen LogP contribution >= 0.6 is 0 Å². The molecule has 1 saturated carbocycles. The van der Waals surface area contributed by atoms with E-state index in [0.29, 0.717) is 11.8 Å². The third-order valence-corrected chi connectivity index (χ3v) is 3.88. The lowest BCUT2D eigenvalue weighted by atomic mass is 9.91. The summed E-state index contributed by atoms with van der Waals surface area (Å²) >= 11 is 0. The van der Waals surface area contributed by atoms with Crippen molar-refractivity contribution in [2.75, 3.05) is 18.0 Å². The van der Waals surface area contributed by atoms with Crippen LogP contribution in [-0.4, -0.2) is 23.2 Å². The molecule has 0 amide bonds. The van der Waals surface area contributed by atoms with Crippen molar-refractivity contribution < 1.29 is 4.52 Å². The van der Waals surface area contributed by atoms with Crippen molar-refractivity contribution in [2.24, 2.45) is 5.73 Å². The number of hydrogen-bond acceptors (Lipinski definition) is 5. The first kappa shape index (κ1) is 13.3. The predicted octanol–water partition coefficient (Wildman–Crippen LogP) is 2.42. The minimum Gasteiger partial charge on any atom is -0.339 e. The lowest BCUT2D eigenvalue weighted by Crippen LogP contribution is -2.36. The average molecular weight is 252 g/mol. The predicted molar refractivity (Wildman–Crippen MR) is 71.4 cm³/mol. The van der Waals surface area contributed by atoms with E-state index in [1.165, 1.54) is 12.8 Å². The lowest BCUT2D eigenvalue weighted by Gasteiger charge is -2.23. The Morgan fingerprint density at radius 1 is 1.17 bits per heavy atom. The van der Waals surface area contributed by atoms with Crippen molar-refractivity contribution in [2.45, 2.75) is 57.9 Å². The van der Waals surface area contributed by atoms with E-state index in [1.54, 1.807) is 0 Å². The molecule has 102 valence electrons. The monoisotopic (exact) mass is 252 g/mol. The smallest absolute Gasteiger partial charge is 0.266 e. The molecule has 1 heterocycles. The highest BCUT2D eigenvalue weighted by Gasteiger charge is 2.34. The molecular weight excluding hydrogens is 228 g/mol. The zero-order valence-electron chi connectivity index (χ0n) is 11.5. The summed E-state index contributed by atoms with van der Waals surface area (Å²) in [6, 6.07) is 0. The van der Waals surface area contributed by atoms with Gasteiger partial charge in [0.25, 0.3) is 5.95 Å². The van der Waals surface area contributed by atoms with Gasteiger partial charge >= 0.3 is 0 Å². The van der Waals surface area contributed by atoms with Crippen LogP contribution in [0.25, 0.3) is 0 Å². The Hall–Kier alpha value is -1.10. The van der Waals surface area contributed by atoms with E-state index in [1.807, 2.05) is 0 Å². The molecule has 0 aliphatic heterocycles. The average Bonchev–Trinajstić information content (AvgIpc) is 2.76. The van der Waals surface area contributed by atoms with Crippen LogP contribution in [0.1, 0.15) is 58.3 Å². The van der Waals surface area contributed by atoms with Crippen LogP contribution in [0.3, 0.4) is 0 Å². The van der Waals surface area contributed by atoms with E-state index >= 15 is 0 Å². The summed E-state index contributed by atoms with van der Waals surface area (Å²) in [5.41, 5.74) is 6.05. The summed E-state index contributed by atoms with van der Waals surface area (Å²) < 4.78 is 5.42. The maximum atomic E-state index is 6.46. The summed E-state index contributed by atoms with van der Waals surface area (Å²) in [5.74, 6) is 1.29. The van der Waals surface area contributed by atoms with Crippen molar-refractivity contribution in [1.29, 1.82) is 0 Å².